The zero-order valence-corrected chi connectivity index (χ0v) is 28.6. The molecule has 2 aromatic rings. The summed E-state index contributed by atoms with van der Waals surface area (Å²) in [6, 6.07) is 7.97. The summed E-state index contributed by atoms with van der Waals surface area (Å²) in [5.74, 6) is 1.99. The monoisotopic (exact) mass is 677 g/mol. The number of rotatable bonds is 14. The van der Waals surface area contributed by atoms with Crippen molar-refractivity contribution in [2.24, 2.45) is 10.2 Å². The fraction of sp³-hybridized carbons (Fsp3) is 0.515. The van der Waals surface area contributed by atoms with E-state index in [0.717, 1.165) is 21.3 Å². The number of aromatic nitrogens is 2. The van der Waals surface area contributed by atoms with Crippen LogP contribution in [0, 0.1) is 12.3 Å². The van der Waals surface area contributed by atoms with Crippen LogP contribution < -0.4 is 5.32 Å². The van der Waals surface area contributed by atoms with E-state index in [1.54, 1.807) is 4.90 Å². The van der Waals surface area contributed by atoms with Crippen LogP contribution in [-0.4, -0.2) is 85.7 Å². The zero-order chi connectivity index (χ0) is 33.3. The maximum absolute atomic E-state index is 13.2. The second-order valence-electron chi connectivity index (χ2n) is 12.7. The Morgan fingerprint density at radius 3 is 2.83 bits per heavy atom. The molecule has 248 valence electrons. The number of hydrogen-bond donors (Lipinski definition) is 1. The third-order valence-electron chi connectivity index (χ3n) is 8.31. The summed E-state index contributed by atoms with van der Waals surface area (Å²) in [6.45, 7) is 8.83. The van der Waals surface area contributed by atoms with Gasteiger partial charge in [-0.2, -0.15) is 10.2 Å². The van der Waals surface area contributed by atoms with Crippen LogP contribution >= 0.6 is 23.5 Å². The molecule has 2 fully saturated rings. The molecule has 4 aliphatic heterocycles. The lowest BCUT2D eigenvalue weighted by Crippen LogP contribution is -2.43. The van der Waals surface area contributed by atoms with Crippen LogP contribution in [-0.2, 0) is 30.4 Å². The molecule has 0 aliphatic carbocycles. The van der Waals surface area contributed by atoms with Crippen molar-refractivity contribution in [1.29, 1.82) is 0 Å². The molecule has 2 saturated heterocycles. The van der Waals surface area contributed by atoms with E-state index in [2.05, 4.69) is 26.0 Å². The average Bonchev–Trinajstić information content (AvgIpc) is 3.90. The minimum absolute atomic E-state index is 0.0174. The molecule has 3 amide bonds. The molecule has 0 spiro atoms. The number of amides is 3. The Labute approximate surface area is 282 Å². The molecule has 1 aromatic carbocycles. The summed E-state index contributed by atoms with van der Waals surface area (Å²) < 4.78 is 14.3. The number of para-hydroxylation sites is 2. The third kappa shape index (κ3) is 7.69. The highest BCUT2D eigenvalue weighted by atomic mass is 32.2. The van der Waals surface area contributed by atoms with Gasteiger partial charge in [0.2, 0.25) is 11.8 Å². The van der Waals surface area contributed by atoms with Crippen LogP contribution in [0.5, 0.6) is 0 Å². The van der Waals surface area contributed by atoms with Crippen molar-refractivity contribution in [2.75, 3.05) is 19.6 Å². The van der Waals surface area contributed by atoms with E-state index < -0.39 is 11.3 Å². The van der Waals surface area contributed by atoms with Crippen molar-refractivity contribution < 1.29 is 23.9 Å². The Morgan fingerprint density at radius 2 is 2.09 bits per heavy atom. The lowest BCUT2D eigenvalue weighted by molar-refractivity contribution is -0.135. The van der Waals surface area contributed by atoms with Crippen molar-refractivity contribution in [2.45, 2.75) is 94.0 Å². The standard InChI is InChI=1S/C33H39N7O5S2/c1-6-17-38(26(42)12-15-33(5)36-37-33)20-25(41)34-16-9-18-39-23-11-8-7-10-22(23)35-31(39)47-27-13-14-32(4,45-27)19-24-28(43)40(21(2)3)29-30(44-29)46-24/h1,7-8,10-11,13,19,21,29-30H,9,12,14-18,20H2,2-5H3,(H,34,41)/b24-19-. The molecule has 5 heterocycles. The van der Waals surface area contributed by atoms with E-state index in [0.29, 0.717) is 37.3 Å². The summed E-state index contributed by atoms with van der Waals surface area (Å²) in [6.07, 6.45) is 11.3. The molecule has 1 N–H and O–H groups in total. The largest absolute Gasteiger partial charge is 0.477 e. The van der Waals surface area contributed by atoms with Gasteiger partial charge in [0.05, 0.1) is 22.5 Å². The highest BCUT2D eigenvalue weighted by Gasteiger charge is 2.53. The summed E-state index contributed by atoms with van der Waals surface area (Å²) >= 11 is 2.91. The lowest BCUT2D eigenvalue weighted by Gasteiger charge is -2.30. The van der Waals surface area contributed by atoms with E-state index in [-0.39, 0.29) is 54.9 Å². The number of nitrogens with zero attached hydrogens (tertiary/aromatic N) is 6. The van der Waals surface area contributed by atoms with Crippen molar-refractivity contribution in [1.82, 2.24) is 24.7 Å². The number of carbonyl (C=O) groups excluding carboxylic acids is 3. The van der Waals surface area contributed by atoms with Crippen LogP contribution in [0.25, 0.3) is 11.0 Å². The molecule has 14 heteroatoms. The quantitative estimate of drug-likeness (QED) is 0.133. The van der Waals surface area contributed by atoms with Gasteiger partial charge in [-0.25, -0.2) is 4.98 Å². The van der Waals surface area contributed by atoms with Crippen LogP contribution in [0.4, 0.5) is 0 Å². The van der Waals surface area contributed by atoms with E-state index in [9.17, 15) is 14.4 Å². The number of nitrogens with one attached hydrogen (secondary N) is 1. The van der Waals surface area contributed by atoms with Crippen LogP contribution in [0.2, 0.25) is 0 Å². The Morgan fingerprint density at radius 1 is 1.30 bits per heavy atom. The zero-order valence-electron chi connectivity index (χ0n) is 27.0. The highest BCUT2D eigenvalue weighted by Crippen LogP contribution is 2.48. The number of fused-ring (bicyclic) bond motifs is 2. The maximum Gasteiger partial charge on any atom is 0.262 e. The van der Waals surface area contributed by atoms with Gasteiger partial charge in [-0.05, 0) is 70.2 Å². The maximum atomic E-state index is 13.2. The molecular weight excluding hydrogens is 639 g/mol. The SMILES string of the molecule is C#CCN(CC(=O)NCCCn1c(SC2=CCC(C)(/C=C3\SC4OC4N(C(C)C)C3=O)O2)nc2ccccc21)C(=O)CCC1(C)N=N1. The summed E-state index contributed by atoms with van der Waals surface area (Å²) in [5, 5.41) is 12.3. The topological polar surface area (TPSA) is 134 Å². The summed E-state index contributed by atoms with van der Waals surface area (Å²) in [5.41, 5.74) is 0.683. The van der Waals surface area contributed by atoms with E-state index in [1.165, 1.54) is 28.4 Å². The minimum Gasteiger partial charge on any atom is -0.477 e. The number of aryl methyl sites for hydroxylation is 1. The summed E-state index contributed by atoms with van der Waals surface area (Å²) in [4.78, 5) is 47.3. The number of hydrogen-bond acceptors (Lipinski definition) is 10. The van der Waals surface area contributed by atoms with Gasteiger partial charge in [-0.15, -0.1) is 6.42 Å². The molecule has 3 unspecified atom stereocenters. The molecular formula is C33H39N7O5S2. The highest BCUT2D eigenvalue weighted by molar-refractivity contribution is 8.04. The fourth-order valence-electron chi connectivity index (χ4n) is 5.61. The van der Waals surface area contributed by atoms with Crippen LogP contribution in [0.1, 0.15) is 53.4 Å². The molecule has 0 bridgehead atoms. The van der Waals surface area contributed by atoms with Gasteiger partial charge >= 0.3 is 0 Å². The lowest BCUT2D eigenvalue weighted by atomic mass is 10.0. The molecule has 4 aliphatic rings. The van der Waals surface area contributed by atoms with E-state index in [1.807, 2.05) is 64.1 Å². The van der Waals surface area contributed by atoms with Gasteiger partial charge in [0.1, 0.15) is 12.1 Å². The molecule has 3 atom stereocenters. The third-order valence-corrected chi connectivity index (χ3v) is 10.4. The Kier molecular flexibility index (Phi) is 9.42. The van der Waals surface area contributed by atoms with Crippen molar-refractivity contribution in [3.05, 3.63) is 46.4 Å². The number of ether oxygens (including phenoxy) is 2. The first kappa shape index (κ1) is 33.1. The van der Waals surface area contributed by atoms with Crippen LogP contribution in [0.3, 0.4) is 0 Å². The van der Waals surface area contributed by atoms with Gasteiger partial charge in [0.15, 0.2) is 27.6 Å². The Balaban J connectivity index is 1.04. The van der Waals surface area contributed by atoms with Crippen molar-refractivity contribution in [3.63, 3.8) is 0 Å². The molecule has 47 heavy (non-hydrogen) atoms. The van der Waals surface area contributed by atoms with E-state index in [4.69, 9.17) is 20.9 Å². The smallest absolute Gasteiger partial charge is 0.262 e. The minimum atomic E-state index is -0.666. The van der Waals surface area contributed by atoms with Gasteiger partial charge in [-0.1, -0.05) is 29.8 Å². The predicted molar refractivity (Wildman–Crippen MR) is 180 cm³/mol. The molecule has 6 rings (SSSR count). The normalized spacial score (nSPS) is 24.6. The number of thioether (sulfide) groups is 2. The second kappa shape index (κ2) is 13.4. The number of imidazole rings is 1. The van der Waals surface area contributed by atoms with Gasteiger partial charge < -0.3 is 29.2 Å². The first-order valence-corrected chi connectivity index (χ1v) is 17.5. The molecule has 0 saturated carbocycles. The molecule has 12 nitrogen and oxygen atoms in total. The number of benzene rings is 1. The van der Waals surface area contributed by atoms with Crippen molar-refractivity contribution >= 4 is 52.3 Å². The number of carbonyl (C=O) groups is 3. The Bertz CT molecular complexity index is 1710. The van der Waals surface area contributed by atoms with Gasteiger partial charge in [-0.3, -0.25) is 14.4 Å². The van der Waals surface area contributed by atoms with Gasteiger partial charge in [0.25, 0.3) is 5.91 Å². The molecule has 1 aromatic heterocycles. The fourth-order valence-corrected chi connectivity index (χ4v) is 7.82. The number of epoxide rings is 1. The second-order valence-corrected chi connectivity index (χ2v) is 14.8. The van der Waals surface area contributed by atoms with Crippen LogP contribution in [0.15, 0.2) is 61.8 Å². The first-order valence-electron chi connectivity index (χ1n) is 15.8. The van der Waals surface area contributed by atoms with Gasteiger partial charge in [0, 0.05) is 38.4 Å². The first-order chi connectivity index (χ1) is 22.5. The summed E-state index contributed by atoms with van der Waals surface area (Å²) in [7, 11) is 0. The predicted octanol–water partition coefficient (Wildman–Crippen LogP) is 4.63. The average molecular weight is 678 g/mol. The van der Waals surface area contributed by atoms with E-state index >= 15 is 0 Å². The number of terminal acetylenes is 1. The molecule has 0 radical (unpaired) electrons. The van der Waals surface area contributed by atoms with Crippen molar-refractivity contribution in [3.8, 4) is 12.3 Å². The Hall–Kier alpha value is -3.80.